The van der Waals surface area contributed by atoms with Gasteiger partial charge in [-0.05, 0) is 61.3 Å². The lowest BCUT2D eigenvalue weighted by molar-refractivity contribution is -0.121. The Labute approximate surface area is 216 Å². The molecule has 3 amide bonds. The number of carbonyl (C=O) groups is 2. The predicted octanol–water partition coefficient (Wildman–Crippen LogP) is 3.66. The van der Waals surface area contributed by atoms with E-state index in [2.05, 4.69) is 20.9 Å². The fourth-order valence-corrected chi connectivity index (χ4v) is 5.22. The molecule has 3 aromatic rings. The zero-order valence-corrected chi connectivity index (χ0v) is 21.7. The van der Waals surface area contributed by atoms with E-state index in [-0.39, 0.29) is 17.7 Å². The minimum Gasteiger partial charge on any atom is -0.383 e. The SMILES string of the molecule is CNC[C@H]1Cc2cc(Cl)ccc2N(C(=O)C(NC(=O)NCCOC)C(C)c2c[nH]c3ccccc23)C1. The third kappa shape index (κ3) is 5.67. The van der Waals surface area contributed by atoms with Crippen LogP contribution < -0.4 is 20.9 Å². The summed E-state index contributed by atoms with van der Waals surface area (Å²) in [4.78, 5) is 32.2. The molecule has 0 spiro atoms. The normalized spacial score (nSPS) is 16.9. The molecule has 0 fully saturated rings. The van der Waals surface area contributed by atoms with Crippen molar-refractivity contribution in [1.29, 1.82) is 0 Å². The molecule has 9 heteroatoms. The van der Waals surface area contributed by atoms with Gasteiger partial charge >= 0.3 is 6.03 Å². The number of ether oxygens (including phenoxy) is 1. The number of fused-ring (bicyclic) bond motifs is 2. The van der Waals surface area contributed by atoms with Crippen molar-refractivity contribution < 1.29 is 14.3 Å². The predicted molar refractivity (Wildman–Crippen MR) is 144 cm³/mol. The van der Waals surface area contributed by atoms with E-state index in [0.717, 1.165) is 40.7 Å². The minimum absolute atomic E-state index is 0.154. The number of carbonyl (C=O) groups excluding carboxylic acids is 2. The first-order chi connectivity index (χ1) is 17.4. The van der Waals surface area contributed by atoms with Gasteiger partial charge in [-0.2, -0.15) is 0 Å². The lowest BCUT2D eigenvalue weighted by atomic mass is 9.88. The summed E-state index contributed by atoms with van der Waals surface area (Å²) in [6, 6.07) is 12.4. The maximum atomic E-state index is 14.2. The van der Waals surface area contributed by atoms with E-state index in [1.54, 1.807) is 7.11 Å². The molecule has 0 radical (unpaired) electrons. The summed E-state index contributed by atoms with van der Waals surface area (Å²) in [5, 5.41) is 10.7. The van der Waals surface area contributed by atoms with Gasteiger partial charge in [-0.1, -0.05) is 36.7 Å². The summed E-state index contributed by atoms with van der Waals surface area (Å²) < 4.78 is 5.04. The molecule has 4 rings (SSSR count). The second-order valence-corrected chi connectivity index (χ2v) is 9.74. The van der Waals surface area contributed by atoms with Crippen LogP contribution in [0.2, 0.25) is 5.02 Å². The van der Waals surface area contributed by atoms with Crippen molar-refractivity contribution in [3.05, 3.63) is 64.8 Å². The Kier molecular flexibility index (Phi) is 8.51. The lowest BCUT2D eigenvalue weighted by Gasteiger charge is -2.38. The number of amides is 3. The molecule has 36 heavy (non-hydrogen) atoms. The first-order valence-corrected chi connectivity index (χ1v) is 12.6. The van der Waals surface area contributed by atoms with E-state index in [1.807, 2.05) is 67.5 Å². The van der Waals surface area contributed by atoms with Crippen molar-refractivity contribution in [1.82, 2.24) is 20.9 Å². The molecule has 192 valence electrons. The number of aromatic amines is 1. The Balaban J connectivity index is 1.69. The number of H-pyrrole nitrogens is 1. The number of hydrogen-bond donors (Lipinski definition) is 4. The number of benzene rings is 2. The number of para-hydroxylation sites is 1. The van der Waals surface area contributed by atoms with E-state index in [4.69, 9.17) is 16.3 Å². The second kappa shape index (κ2) is 11.8. The summed E-state index contributed by atoms with van der Waals surface area (Å²) in [5.74, 6) is -0.217. The van der Waals surface area contributed by atoms with Gasteiger partial charge in [0.15, 0.2) is 0 Å². The van der Waals surface area contributed by atoms with E-state index in [0.29, 0.717) is 24.7 Å². The molecule has 3 atom stereocenters. The van der Waals surface area contributed by atoms with E-state index < -0.39 is 12.1 Å². The van der Waals surface area contributed by atoms with Crippen molar-refractivity contribution >= 4 is 40.1 Å². The van der Waals surface area contributed by atoms with Crippen molar-refractivity contribution in [2.24, 2.45) is 5.92 Å². The van der Waals surface area contributed by atoms with Crippen LogP contribution in [0, 0.1) is 5.92 Å². The summed E-state index contributed by atoms with van der Waals surface area (Å²) in [6.07, 6.45) is 2.75. The molecule has 0 saturated heterocycles. The third-order valence-corrected chi connectivity index (χ3v) is 7.03. The number of nitrogens with zero attached hydrogens (tertiary/aromatic N) is 1. The maximum absolute atomic E-state index is 14.2. The quantitative estimate of drug-likeness (QED) is 0.329. The fourth-order valence-electron chi connectivity index (χ4n) is 5.02. The molecule has 8 nitrogen and oxygen atoms in total. The fraction of sp³-hybridized carbons (Fsp3) is 0.407. The van der Waals surface area contributed by atoms with Crippen molar-refractivity contribution in [2.45, 2.75) is 25.3 Å². The third-order valence-electron chi connectivity index (χ3n) is 6.80. The van der Waals surface area contributed by atoms with Gasteiger partial charge in [-0.15, -0.1) is 0 Å². The van der Waals surface area contributed by atoms with Crippen LogP contribution in [0.3, 0.4) is 0 Å². The molecule has 1 aliphatic heterocycles. The average Bonchev–Trinajstić information content (AvgIpc) is 3.30. The summed E-state index contributed by atoms with van der Waals surface area (Å²) in [6.45, 7) is 4.03. The summed E-state index contributed by atoms with van der Waals surface area (Å²) >= 11 is 6.30. The molecule has 0 bridgehead atoms. The highest BCUT2D eigenvalue weighted by Crippen LogP contribution is 2.34. The van der Waals surface area contributed by atoms with Gasteiger partial charge in [0, 0.05) is 53.9 Å². The van der Waals surface area contributed by atoms with Crippen molar-refractivity contribution in [3.63, 3.8) is 0 Å². The first-order valence-electron chi connectivity index (χ1n) is 12.3. The van der Waals surface area contributed by atoms with Gasteiger partial charge in [0.25, 0.3) is 0 Å². The highest BCUT2D eigenvalue weighted by atomic mass is 35.5. The van der Waals surface area contributed by atoms with Crippen LogP contribution in [0.4, 0.5) is 10.5 Å². The number of urea groups is 1. The van der Waals surface area contributed by atoms with E-state index in [1.165, 1.54) is 0 Å². The van der Waals surface area contributed by atoms with Crippen LogP contribution in [0.5, 0.6) is 0 Å². The van der Waals surface area contributed by atoms with Crippen LogP contribution >= 0.6 is 11.6 Å². The summed E-state index contributed by atoms with van der Waals surface area (Å²) in [5.41, 5.74) is 3.84. The van der Waals surface area contributed by atoms with Gasteiger partial charge in [-0.3, -0.25) is 4.79 Å². The van der Waals surface area contributed by atoms with Crippen LogP contribution in [-0.4, -0.2) is 63.4 Å². The number of hydrogen-bond acceptors (Lipinski definition) is 4. The molecule has 1 aliphatic rings. The van der Waals surface area contributed by atoms with E-state index in [9.17, 15) is 9.59 Å². The van der Waals surface area contributed by atoms with Crippen molar-refractivity contribution in [2.75, 3.05) is 45.3 Å². The monoisotopic (exact) mass is 511 g/mol. The van der Waals surface area contributed by atoms with Gasteiger partial charge in [-0.25, -0.2) is 4.79 Å². The number of methoxy groups -OCH3 is 1. The zero-order chi connectivity index (χ0) is 25.7. The van der Waals surface area contributed by atoms with E-state index >= 15 is 0 Å². The summed E-state index contributed by atoms with van der Waals surface area (Å²) in [7, 11) is 3.49. The standard InChI is InChI=1S/C27H34ClN5O3/c1-17(22-15-31-23-7-5-4-6-21(22)23)25(32-27(35)30-10-11-36-3)26(34)33-16-18(14-29-2)12-19-13-20(28)8-9-24(19)33/h4-9,13,15,17-18,25,29,31H,10-12,14,16H2,1-3H3,(H2,30,32,35)/t17?,18-,25?/m1/s1. The van der Waals surface area contributed by atoms with Crippen LogP contribution in [0.15, 0.2) is 48.7 Å². The smallest absolute Gasteiger partial charge is 0.315 e. The average molecular weight is 512 g/mol. The van der Waals surface area contributed by atoms with Gasteiger partial charge in [0.1, 0.15) is 6.04 Å². The zero-order valence-electron chi connectivity index (χ0n) is 20.9. The number of rotatable bonds is 9. The molecule has 1 aromatic heterocycles. The Morgan fingerprint density at radius 2 is 2.06 bits per heavy atom. The first kappa shape index (κ1) is 26.0. The Morgan fingerprint density at radius 3 is 2.83 bits per heavy atom. The Bertz CT molecular complexity index is 1210. The molecule has 2 unspecified atom stereocenters. The largest absolute Gasteiger partial charge is 0.383 e. The highest BCUT2D eigenvalue weighted by Gasteiger charge is 2.37. The number of anilines is 1. The molecule has 0 aliphatic carbocycles. The topological polar surface area (TPSA) is 98.5 Å². The van der Waals surface area contributed by atoms with Crippen molar-refractivity contribution in [3.8, 4) is 0 Å². The molecule has 0 saturated carbocycles. The van der Waals surface area contributed by atoms with Gasteiger partial charge < -0.3 is 30.6 Å². The molecule has 2 aromatic carbocycles. The molecule has 4 N–H and O–H groups in total. The molecule has 2 heterocycles. The molecular weight excluding hydrogens is 478 g/mol. The minimum atomic E-state index is -0.788. The van der Waals surface area contributed by atoms with Gasteiger partial charge in [0.05, 0.1) is 6.61 Å². The van der Waals surface area contributed by atoms with Crippen LogP contribution in [0.25, 0.3) is 10.9 Å². The number of nitrogens with one attached hydrogen (secondary N) is 4. The van der Waals surface area contributed by atoms with Crippen LogP contribution in [-0.2, 0) is 16.0 Å². The number of aromatic nitrogens is 1. The molecular formula is C27H34ClN5O3. The second-order valence-electron chi connectivity index (χ2n) is 9.30. The van der Waals surface area contributed by atoms with Crippen LogP contribution in [0.1, 0.15) is 24.0 Å². The Morgan fingerprint density at radius 1 is 1.25 bits per heavy atom. The highest BCUT2D eigenvalue weighted by molar-refractivity contribution is 6.30. The number of halogens is 1. The Hall–Kier alpha value is -3.07. The lowest BCUT2D eigenvalue weighted by Crippen LogP contribution is -2.56. The maximum Gasteiger partial charge on any atom is 0.315 e. The van der Waals surface area contributed by atoms with Gasteiger partial charge in [0.2, 0.25) is 5.91 Å².